The zero-order chi connectivity index (χ0) is 12.0. The third-order valence-corrected chi connectivity index (χ3v) is 3.93. The van der Waals surface area contributed by atoms with E-state index >= 15 is 0 Å². The fourth-order valence-electron chi connectivity index (χ4n) is 2.95. The molecule has 0 unspecified atom stereocenters. The smallest absolute Gasteiger partial charge is 0.295 e. The first-order valence-corrected chi connectivity index (χ1v) is 5.64. The second-order valence-electron chi connectivity index (χ2n) is 5.11. The van der Waals surface area contributed by atoms with Crippen LogP contribution in [0, 0.1) is 11.3 Å². The Morgan fingerprint density at radius 2 is 2.06 bits per heavy atom. The number of ketones is 1. The molecular weight excluding hydrogens is 217 g/mol. The average molecular weight is 232 g/mol. The minimum atomic E-state index is -4.20. The first-order chi connectivity index (χ1) is 7.33. The summed E-state index contributed by atoms with van der Waals surface area (Å²) in [6, 6.07) is 0. The summed E-state index contributed by atoms with van der Waals surface area (Å²) in [7, 11) is 0. The third-order valence-electron chi connectivity index (χ3n) is 3.93. The first-order valence-electron chi connectivity index (χ1n) is 5.64. The Bertz CT molecular complexity index is 343. The van der Waals surface area contributed by atoms with Crippen LogP contribution < -0.4 is 0 Å². The summed E-state index contributed by atoms with van der Waals surface area (Å²) in [5.74, 6) is -1.54. The summed E-state index contributed by atoms with van der Waals surface area (Å²) >= 11 is 0. The van der Waals surface area contributed by atoms with Crippen LogP contribution in [0.4, 0.5) is 13.2 Å². The maximum atomic E-state index is 12.9. The second-order valence-corrected chi connectivity index (χ2v) is 5.11. The molecule has 2 rings (SSSR count). The summed E-state index contributed by atoms with van der Waals surface area (Å²) in [6.45, 7) is 1.86. The summed E-state index contributed by atoms with van der Waals surface area (Å²) in [5.41, 5.74) is -0.0608. The number of allylic oxidation sites excluding steroid dienone is 2. The highest BCUT2D eigenvalue weighted by atomic mass is 19.4. The molecule has 0 spiro atoms. The molecule has 2 atom stereocenters. The van der Waals surface area contributed by atoms with E-state index in [1.54, 1.807) is 0 Å². The largest absolute Gasteiger partial charge is 0.395 e. The van der Waals surface area contributed by atoms with Gasteiger partial charge in [0.25, 0.3) is 0 Å². The fourth-order valence-corrected chi connectivity index (χ4v) is 2.95. The van der Waals surface area contributed by atoms with E-state index in [2.05, 4.69) is 0 Å². The molecule has 0 aliphatic heterocycles. The number of carbonyl (C=O) groups excluding carboxylic acids is 1. The molecule has 0 heterocycles. The molecule has 0 aromatic rings. The van der Waals surface area contributed by atoms with Crippen LogP contribution in [0.25, 0.3) is 0 Å². The number of fused-ring (bicyclic) bond motifs is 1. The highest BCUT2D eigenvalue weighted by Crippen LogP contribution is 2.53. The highest BCUT2D eigenvalue weighted by molar-refractivity contribution is 5.91. The van der Waals surface area contributed by atoms with E-state index < -0.39 is 17.5 Å². The van der Waals surface area contributed by atoms with Crippen molar-refractivity contribution < 1.29 is 18.0 Å². The van der Waals surface area contributed by atoms with E-state index in [4.69, 9.17) is 0 Å². The molecule has 0 radical (unpaired) electrons. The lowest BCUT2D eigenvalue weighted by atomic mass is 9.62. The van der Waals surface area contributed by atoms with Gasteiger partial charge in [-0.3, -0.25) is 4.79 Å². The number of hydrogen-bond acceptors (Lipinski definition) is 1. The van der Waals surface area contributed by atoms with Crippen LogP contribution in [-0.4, -0.2) is 12.0 Å². The van der Waals surface area contributed by atoms with Crippen molar-refractivity contribution in [2.24, 2.45) is 11.3 Å². The quantitative estimate of drug-likeness (QED) is 0.623. The zero-order valence-electron chi connectivity index (χ0n) is 9.23. The maximum absolute atomic E-state index is 12.9. The molecule has 16 heavy (non-hydrogen) atoms. The lowest BCUT2D eigenvalue weighted by Crippen LogP contribution is -2.39. The van der Waals surface area contributed by atoms with E-state index in [-0.39, 0.29) is 12.2 Å². The van der Waals surface area contributed by atoms with Crippen LogP contribution in [0.2, 0.25) is 0 Å². The maximum Gasteiger partial charge on any atom is 0.395 e. The monoisotopic (exact) mass is 232 g/mol. The van der Waals surface area contributed by atoms with Gasteiger partial charge in [-0.25, -0.2) is 0 Å². The van der Waals surface area contributed by atoms with Crippen molar-refractivity contribution in [3.8, 4) is 0 Å². The Hall–Kier alpha value is -0.800. The van der Waals surface area contributed by atoms with E-state index in [1.807, 2.05) is 6.92 Å². The number of halogens is 3. The van der Waals surface area contributed by atoms with Gasteiger partial charge in [0.2, 0.25) is 0 Å². The van der Waals surface area contributed by atoms with Crippen molar-refractivity contribution in [1.29, 1.82) is 0 Å². The summed E-state index contributed by atoms with van der Waals surface area (Å²) in [6.07, 6.45) is -0.454. The van der Waals surface area contributed by atoms with Crippen molar-refractivity contribution in [2.45, 2.75) is 45.2 Å². The van der Waals surface area contributed by atoms with Gasteiger partial charge in [-0.2, -0.15) is 13.2 Å². The Labute approximate surface area is 92.7 Å². The Balaban J connectivity index is 2.39. The lowest BCUT2D eigenvalue weighted by molar-refractivity contribution is -0.174. The van der Waals surface area contributed by atoms with Crippen molar-refractivity contribution in [1.82, 2.24) is 0 Å². The summed E-state index contributed by atoms with van der Waals surface area (Å²) in [4.78, 5) is 11.3. The standard InChI is InChI=1S/C12H15F3O/c1-11-5-2-3-9(12(13,14)15)10(11)7-8(16)4-6-11/h7,9H,2-6H2,1H3/t9-,11-/m0/s1. The first kappa shape index (κ1) is 11.7. The van der Waals surface area contributed by atoms with E-state index in [1.165, 1.54) is 6.08 Å². The molecule has 2 aliphatic carbocycles. The molecule has 1 nitrogen and oxygen atoms in total. The van der Waals surface area contributed by atoms with Crippen LogP contribution in [-0.2, 0) is 4.79 Å². The van der Waals surface area contributed by atoms with Crippen molar-refractivity contribution in [3.63, 3.8) is 0 Å². The molecule has 0 saturated heterocycles. The van der Waals surface area contributed by atoms with E-state index in [0.717, 1.165) is 6.42 Å². The van der Waals surface area contributed by atoms with Crippen LogP contribution in [0.15, 0.2) is 11.6 Å². The molecule has 0 aromatic heterocycles. The van der Waals surface area contributed by atoms with Crippen LogP contribution in [0.3, 0.4) is 0 Å². The number of rotatable bonds is 0. The van der Waals surface area contributed by atoms with Crippen LogP contribution in [0.5, 0.6) is 0 Å². The zero-order valence-corrected chi connectivity index (χ0v) is 9.23. The molecule has 1 saturated carbocycles. The van der Waals surface area contributed by atoms with Gasteiger partial charge in [0.15, 0.2) is 5.78 Å². The highest BCUT2D eigenvalue weighted by Gasteiger charge is 2.50. The average Bonchev–Trinajstić information content (AvgIpc) is 2.16. The van der Waals surface area contributed by atoms with Gasteiger partial charge in [0.05, 0.1) is 5.92 Å². The molecule has 0 N–H and O–H groups in total. The Morgan fingerprint density at radius 1 is 1.38 bits per heavy atom. The summed E-state index contributed by atoms with van der Waals surface area (Å²) < 4.78 is 38.6. The number of carbonyl (C=O) groups is 1. The van der Waals surface area contributed by atoms with Crippen molar-refractivity contribution >= 4 is 5.78 Å². The van der Waals surface area contributed by atoms with Gasteiger partial charge in [0, 0.05) is 6.42 Å². The fraction of sp³-hybridized carbons (Fsp3) is 0.750. The predicted octanol–water partition coefficient (Wildman–Crippen LogP) is 3.64. The van der Waals surface area contributed by atoms with Gasteiger partial charge in [-0.05, 0) is 36.3 Å². The Kier molecular flexibility index (Phi) is 2.63. The SMILES string of the molecule is C[C@@]12CCC[C@H](C(F)(F)F)C1=CC(=O)CC2. The second kappa shape index (κ2) is 3.60. The van der Waals surface area contributed by atoms with Crippen LogP contribution in [0.1, 0.15) is 39.0 Å². The predicted molar refractivity (Wildman–Crippen MR) is 53.8 cm³/mol. The molecule has 0 aromatic carbocycles. The summed E-state index contributed by atoms with van der Waals surface area (Å²) in [5, 5.41) is 0. The minimum Gasteiger partial charge on any atom is -0.295 e. The normalized spacial score (nSPS) is 35.6. The molecule has 1 fully saturated rings. The number of alkyl halides is 3. The van der Waals surface area contributed by atoms with Crippen molar-refractivity contribution in [2.75, 3.05) is 0 Å². The van der Waals surface area contributed by atoms with E-state index in [0.29, 0.717) is 24.8 Å². The molecule has 4 heteroatoms. The van der Waals surface area contributed by atoms with Gasteiger partial charge < -0.3 is 0 Å². The number of hydrogen-bond donors (Lipinski definition) is 0. The van der Waals surface area contributed by atoms with Gasteiger partial charge in [-0.1, -0.05) is 13.3 Å². The molecule has 0 bridgehead atoms. The van der Waals surface area contributed by atoms with E-state index in [9.17, 15) is 18.0 Å². The van der Waals surface area contributed by atoms with Gasteiger partial charge >= 0.3 is 6.18 Å². The minimum absolute atomic E-state index is 0.137. The molecule has 90 valence electrons. The molecular formula is C12H15F3O. The van der Waals surface area contributed by atoms with Crippen molar-refractivity contribution in [3.05, 3.63) is 11.6 Å². The third kappa shape index (κ3) is 1.89. The van der Waals surface area contributed by atoms with Gasteiger partial charge in [-0.15, -0.1) is 0 Å². The molecule has 0 amide bonds. The lowest BCUT2D eigenvalue weighted by Gasteiger charge is -2.43. The topological polar surface area (TPSA) is 17.1 Å². The molecule has 2 aliphatic rings. The van der Waals surface area contributed by atoms with Crippen LogP contribution >= 0.6 is 0 Å². The Morgan fingerprint density at radius 3 is 2.69 bits per heavy atom. The van der Waals surface area contributed by atoms with Gasteiger partial charge in [0.1, 0.15) is 0 Å².